The molecular formula is C12H13BrFN3O. The molecule has 0 radical (unpaired) electrons. The number of rotatable bonds is 4. The number of aromatic nitrogens is 3. The molecule has 0 spiro atoms. The number of aliphatic hydroxyl groups is 1. The molecule has 1 N–H and O–H groups in total. The maximum absolute atomic E-state index is 13.1. The van der Waals surface area contributed by atoms with Gasteiger partial charge in [-0.15, -0.1) is 5.10 Å². The summed E-state index contributed by atoms with van der Waals surface area (Å²) in [4.78, 5) is 0. The zero-order valence-corrected chi connectivity index (χ0v) is 11.4. The van der Waals surface area contributed by atoms with E-state index >= 15 is 0 Å². The molecule has 0 aliphatic heterocycles. The highest BCUT2D eigenvalue weighted by Crippen LogP contribution is 2.18. The summed E-state index contributed by atoms with van der Waals surface area (Å²) in [6.45, 7) is 2.36. The van der Waals surface area contributed by atoms with Crippen molar-refractivity contribution < 1.29 is 9.50 Å². The predicted molar refractivity (Wildman–Crippen MR) is 68.5 cm³/mol. The Kier molecular flexibility index (Phi) is 4.08. The van der Waals surface area contributed by atoms with Crippen molar-refractivity contribution >= 4 is 15.9 Å². The number of benzene rings is 1. The summed E-state index contributed by atoms with van der Waals surface area (Å²) in [5, 5.41) is 17.4. The van der Waals surface area contributed by atoms with E-state index in [1.807, 2.05) is 6.92 Å². The Labute approximate surface area is 113 Å². The molecule has 1 unspecified atom stereocenters. The Bertz CT molecular complexity index is 544. The summed E-state index contributed by atoms with van der Waals surface area (Å²) in [5.41, 5.74) is 1.46. The Morgan fingerprint density at radius 2 is 2.28 bits per heavy atom. The van der Waals surface area contributed by atoms with Crippen molar-refractivity contribution in [3.8, 4) is 0 Å². The first-order valence-electron chi connectivity index (χ1n) is 5.62. The van der Waals surface area contributed by atoms with Gasteiger partial charge in [-0.25, -0.2) is 9.07 Å². The maximum Gasteiger partial charge on any atom is 0.137 e. The topological polar surface area (TPSA) is 50.9 Å². The van der Waals surface area contributed by atoms with Crippen molar-refractivity contribution in [1.82, 2.24) is 15.0 Å². The molecule has 2 rings (SSSR count). The number of aliphatic hydroxyl groups excluding tert-OH is 1. The lowest BCUT2D eigenvalue weighted by Crippen LogP contribution is -2.00. The van der Waals surface area contributed by atoms with E-state index in [0.29, 0.717) is 23.1 Å². The van der Waals surface area contributed by atoms with Gasteiger partial charge in [0.25, 0.3) is 0 Å². The van der Waals surface area contributed by atoms with Crippen LogP contribution in [0.5, 0.6) is 0 Å². The molecule has 0 saturated carbocycles. The van der Waals surface area contributed by atoms with E-state index in [0.717, 1.165) is 5.56 Å². The molecule has 6 heteroatoms. The second-order valence-corrected chi connectivity index (χ2v) is 4.87. The van der Waals surface area contributed by atoms with Crippen LogP contribution in [-0.2, 0) is 6.54 Å². The van der Waals surface area contributed by atoms with E-state index < -0.39 is 6.10 Å². The second-order valence-electron chi connectivity index (χ2n) is 4.01. The SMILES string of the molecule is CCC(O)c1cn(Cc2ccc(F)c(Br)c2)nn1. The minimum absolute atomic E-state index is 0.292. The van der Waals surface area contributed by atoms with Gasteiger partial charge in [0.15, 0.2) is 0 Å². The molecule has 0 fully saturated rings. The standard InChI is InChI=1S/C12H13BrFN3O/c1-2-12(18)11-7-17(16-15-11)6-8-3-4-10(14)9(13)5-8/h3-5,7,12,18H,2,6H2,1H3. The molecule has 0 aliphatic rings. The molecule has 0 bridgehead atoms. The van der Waals surface area contributed by atoms with Gasteiger partial charge >= 0.3 is 0 Å². The van der Waals surface area contributed by atoms with Gasteiger partial charge in [0.2, 0.25) is 0 Å². The lowest BCUT2D eigenvalue weighted by atomic mass is 10.2. The Morgan fingerprint density at radius 3 is 2.94 bits per heavy atom. The lowest BCUT2D eigenvalue weighted by Gasteiger charge is -2.03. The van der Waals surface area contributed by atoms with Crippen molar-refractivity contribution in [3.63, 3.8) is 0 Å². The minimum atomic E-state index is -0.585. The molecule has 96 valence electrons. The minimum Gasteiger partial charge on any atom is -0.387 e. The smallest absolute Gasteiger partial charge is 0.137 e. The summed E-state index contributed by atoms with van der Waals surface area (Å²) >= 11 is 3.14. The molecule has 1 aromatic carbocycles. The first-order valence-corrected chi connectivity index (χ1v) is 6.41. The van der Waals surface area contributed by atoms with Crippen LogP contribution in [0.4, 0.5) is 4.39 Å². The first-order chi connectivity index (χ1) is 8.60. The van der Waals surface area contributed by atoms with Crippen LogP contribution in [0.1, 0.15) is 30.7 Å². The molecule has 1 aromatic heterocycles. The van der Waals surface area contributed by atoms with Crippen LogP contribution in [-0.4, -0.2) is 20.1 Å². The number of hydrogen-bond donors (Lipinski definition) is 1. The quantitative estimate of drug-likeness (QED) is 0.944. The third-order valence-corrected chi connectivity index (χ3v) is 3.22. The van der Waals surface area contributed by atoms with Crippen LogP contribution < -0.4 is 0 Å². The highest BCUT2D eigenvalue weighted by atomic mass is 79.9. The van der Waals surface area contributed by atoms with Crippen LogP contribution in [0.25, 0.3) is 0 Å². The summed E-state index contributed by atoms with van der Waals surface area (Å²) < 4.78 is 15.1. The average molecular weight is 314 g/mol. The van der Waals surface area contributed by atoms with Crippen LogP contribution in [0.2, 0.25) is 0 Å². The van der Waals surface area contributed by atoms with Crippen molar-refractivity contribution in [3.05, 3.63) is 45.9 Å². The summed E-state index contributed by atoms with van der Waals surface area (Å²) in [5.74, 6) is -0.292. The van der Waals surface area contributed by atoms with Gasteiger partial charge in [0.05, 0.1) is 23.3 Å². The van der Waals surface area contributed by atoms with E-state index in [2.05, 4.69) is 26.2 Å². The largest absolute Gasteiger partial charge is 0.387 e. The molecule has 2 aromatic rings. The summed E-state index contributed by atoms with van der Waals surface area (Å²) in [6, 6.07) is 4.79. The maximum atomic E-state index is 13.1. The van der Waals surface area contributed by atoms with Crippen molar-refractivity contribution in [2.75, 3.05) is 0 Å². The molecule has 1 heterocycles. The molecule has 0 saturated heterocycles. The van der Waals surface area contributed by atoms with Crippen molar-refractivity contribution in [2.45, 2.75) is 26.0 Å². The van der Waals surface area contributed by atoms with Crippen LogP contribution >= 0.6 is 15.9 Å². The fraction of sp³-hybridized carbons (Fsp3) is 0.333. The van der Waals surface area contributed by atoms with Gasteiger partial charge in [-0.2, -0.15) is 0 Å². The van der Waals surface area contributed by atoms with E-state index in [4.69, 9.17) is 0 Å². The number of halogens is 2. The van der Waals surface area contributed by atoms with Crippen molar-refractivity contribution in [1.29, 1.82) is 0 Å². The normalized spacial score (nSPS) is 12.7. The highest BCUT2D eigenvalue weighted by Gasteiger charge is 2.10. The van der Waals surface area contributed by atoms with Gasteiger partial charge in [-0.05, 0) is 40.0 Å². The number of nitrogens with zero attached hydrogens (tertiary/aromatic N) is 3. The Morgan fingerprint density at radius 1 is 1.50 bits per heavy atom. The highest BCUT2D eigenvalue weighted by molar-refractivity contribution is 9.10. The zero-order chi connectivity index (χ0) is 13.1. The third kappa shape index (κ3) is 2.94. The second kappa shape index (κ2) is 5.58. The lowest BCUT2D eigenvalue weighted by molar-refractivity contribution is 0.168. The fourth-order valence-corrected chi connectivity index (χ4v) is 2.00. The summed E-state index contributed by atoms with van der Waals surface area (Å²) in [6.07, 6.45) is 1.71. The van der Waals surface area contributed by atoms with Gasteiger partial charge < -0.3 is 5.11 Å². The average Bonchev–Trinajstić information content (AvgIpc) is 2.81. The van der Waals surface area contributed by atoms with Gasteiger partial charge in [0.1, 0.15) is 11.5 Å². The van der Waals surface area contributed by atoms with E-state index in [-0.39, 0.29) is 5.82 Å². The molecule has 4 nitrogen and oxygen atoms in total. The monoisotopic (exact) mass is 313 g/mol. The van der Waals surface area contributed by atoms with E-state index in [1.54, 1.807) is 23.0 Å². The van der Waals surface area contributed by atoms with Crippen LogP contribution in [0.3, 0.4) is 0 Å². The zero-order valence-electron chi connectivity index (χ0n) is 9.85. The van der Waals surface area contributed by atoms with E-state index in [9.17, 15) is 9.50 Å². The van der Waals surface area contributed by atoms with Gasteiger partial charge in [0, 0.05) is 0 Å². The summed E-state index contributed by atoms with van der Waals surface area (Å²) in [7, 11) is 0. The van der Waals surface area contributed by atoms with E-state index in [1.165, 1.54) is 6.07 Å². The first kappa shape index (κ1) is 13.2. The third-order valence-electron chi connectivity index (χ3n) is 2.61. The molecule has 18 heavy (non-hydrogen) atoms. The van der Waals surface area contributed by atoms with Crippen LogP contribution in [0, 0.1) is 5.82 Å². The van der Waals surface area contributed by atoms with Crippen molar-refractivity contribution in [2.24, 2.45) is 0 Å². The fourth-order valence-electron chi connectivity index (χ4n) is 1.58. The van der Waals surface area contributed by atoms with Crippen LogP contribution in [0.15, 0.2) is 28.9 Å². The van der Waals surface area contributed by atoms with Gasteiger partial charge in [-0.1, -0.05) is 18.2 Å². The van der Waals surface area contributed by atoms with Gasteiger partial charge in [-0.3, -0.25) is 0 Å². The molecule has 0 aliphatic carbocycles. The Hall–Kier alpha value is -1.27. The molecule has 0 amide bonds. The number of hydrogen-bond acceptors (Lipinski definition) is 3. The Balaban J connectivity index is 2.13. The predicted octanol–water partition coefficient (Wildman–Crippen LogP) is 2.67. The molecular weight excluding hydrogens is 301 g/mol. The molecule has 1 atom stereocenters.